The molecule has 0 bridgehead atoms. The van der Waals surface area contributed by atoms with Gasteiger partial charge in [-0.15, -0.1) is 0 Å². The van der Waals surface area contributed by atoms with Crippen LogP contribution in [0, 0.1) is 23.2 Å². The van der Waals surface area contributed by atoms with Gasteiger partial charge in [0.1, 0.15) is 11.9 Å². The third-order valence-electron chi connectivity index (χ3n) is 4.36. The summed E-state index contributed by atoms with van der Waals surface area (Å²) in [4.78, 5) is 6.63. The van der Waals surface area contributed by atoms with E-state index in [1.165, 1.54) is 12.8 Å². The molecule has 4 nitrogen and oxygen atoms in total. The summed E-state index contributed by atoms with van der Waals surface area (Å²) in [5.74, 6) is 2.09. The maximum Gasteiger partial charge on any atom is 0.146 e. The number of nitrogens with zero attached hydrogens (tertiary/aromatic N) is 3. The molecule has 0 radical (unpaired) electrons. The summed E-state index contributed by atoms with van der Waals surface area (Å²) in [6.07, 6.45) is 5.41. The van der Waals surface area contributed by atoms with Gasteiger partial charge in [0.25, 0.3) is 0 Å². The van der Waals surface area contributed by atoms with E-state index in [4.69, 9.17) is 11.0 Å². The molecule has 3 atom stereocenters. The predicted molar refractivity (Wildman–Crippen MR) is 70.0 cm³/mol. The van der Waals surface area contributed by atoms with Crippen molar-refractivity contribution in [1.29, 1.82) is 5.26 Å². The van der Waals surface area contributed by atoms with Crippen LogP contribution in [0.15, 0.2) is 18.3 Å². The molecule has 3 rings (SSSR count). The highest BCUT2D eigenvalue weighted by Crippen LogP contribution is 2.37. The molecule has 1 aromatic heterocycles. The van der Waals surface area contributed by atoms with Crippen LogP contribution in [0.3, 0.4) is 0 Å². The Kier molecular flexibility index (Phi) is 2.92. The summed E-state index contributed by atoms with van der Waals surface area (Å²) in [5.41, 5.74) is 6.89. The van der Waals surface area contributed by atoms with Gasteiger partial charge in [-0.2, -0.15) is 5.26 Å². The summed E-state index contributed by atoms with van der Waals surface area (Å²) in [7, 11) is 0. The number of aromatic nitrogens is 1. The zero-order valence-corrected chi connectivity index (χ0v) is 10.4. The van der Waals surface area contributed by atoms with E-state index in [1.54, 1.807) is 6.20 Å². The topological polar surface area (TPSA) is 65.9 Å². The Balaban J connectivity index is 1.85. The van der Waals surface area contributed by atoms with Gasteiger partial charge in [0.2, 0.25) is 0 Å². The van der Waals surface area contributed by atoms with Gasteiger partial charge in [-0.1, -0.05) is 6.42 Å². The number of nitriles is 1. The second-order valence-corrected chi connectivity index (χ2v) is 5.41. The van der Waals surface area contributed by atoms with Crippen molar-refractivity contribution in [2.75, 3.05) is 18.0 Å². The molecule has 0 amide bonds. The fraction of sp³-hybridized carbons (Fsp3) is 0.571. The lowest BCUT2D eigenvalue weighted by molar-refractivity contribution is 0.260. The van der Waals surface area contributed by atoms with Crippen LogP contribution in [0.25, 0.3) is 0 Å². The quantitative estimate of drug-likeness (QED) is 0.810. The lowest BCUT2D eigenvalue weighted by Gasteiger charge is -2.29. The van der Waals surface area contributed by atoms with Gasteiger partial charge in [0.05, 0.1) is 5.56 Å². The van der Waals surface area contributed by atoms with E-state index >= 15 is 0 Å². The van der Waals surface area contributed by atoms with E-state index in [1.807, 2.05) is 12.1 Å². The summed E-state index contributed by atoms with van der Waals surface area (Å²) in [6.45, 7) is 1.96. The first-order chi connectivity index (χ1) is 8.79. The Morgan fingerprint density at radius 1 is 1.39 bits per heavy atom. The van der Waals surface area contributed by atoms with Crippen LogP contribution in [-0.4, -0.2) is 24.1 Å². The van der Waals surface area contributed by atoms with Crippen LogP contribution < -0.4 is 10.6 Å². The van der Waals surface area contributed by atoms with Crippen molar-refractivity contribution in [2.45, 2.75) is 25.3 Å². The third-order valence-corrected chi connectivity index (χ3v) is 4.36. The summed E-state index contributed by atoms with van der Waals surface area (Å²) >= 11 is 0. The second-order valence-electron chi connectivity index (χ2n) is 5.41. The number of nitrogens with two attached hydrogens (primary N) is 1. The summed E-state index contributed by atoms with van der Waals surface area (Å²) in [5, 5.41) is 9.15. The Bertz CT molecular complexity index is 479. The average Bonchev–Trinajstić information content (AvgIpc) is 2.84. The van der Waals surface area contributed by atoms with E-state index in [0.717, 1.165) is 25.3 Å². The lowest BCUT2D eigenvalue weighted by atomic mass is 9.78. The SMILES string of the molecule is N#Cc1cccnc1N1CC2CCCC(N)C2C1. The predicted octanol–water partition coefficient (Wildman–Crippen LogP) is 1.52. The van der Waals surface area contributed by atoms with E-state index in [9.17, 15) is 0 Å². The van der Waals surface area contributed by atoms with Gasteiger partial charge in [0.15, 0.2) is 0 Å². The van der Waals surface area contributed by atoms with Crippen molar-refractivity contribution in [2.24, 2.45) is 17.6 Å². The molecule has 2 N–H and O–H groups in total. The van der Waals surface area contributed by atoms with Crippen LogP contribution >= 0.6 is 0 Å². The van der Waals surface area contributed by atoms with Gasteiger partial charge in [0, 0.05) is 25.3 Å². The minimum Gasteiger partial charge on any atom is -0.355 e. The van der Waals surface area contributed by atoms with Crippen molar-refractivity contribution < 1.29 is 0 Å². The first-order valence-corrected chi connectivity index (χ1v) is 6.65. The van der Waals surface area contributed by atoms with Crippen LogP contribution in [0.1, 0.15) is 24.8 Å². The first kappa shape index (κ1) is 11.5. The molecule has 3 unspecified atom stereocenters. The molecule has 4 heteroatoms. The monoisotopic (exact) mass is 242 g/mol. The fourth-order valence-electron chi connectivity index (χ4n) is 3.43. The maximum absolute atomic E-state index is 9.15. The van der Waals surface area contributed by atoms with E-state index < -0.39 is 0 Å². The van der Waals surface area contributed by atoms with Crippen molar-refractivity contribution >= 4 is 5.82 Å². The average molecular weight is 242 g/mol. The molecule has 1 aromatic rings. The lowest BCUT2D eigenvalue weighted by Crippen LogP contribution is -2.38. The molecule has 1 saturated carbocycles. The summed E-state index contributed by atoms with van der Waals surface area (Å²) < 4.78 is 0. The number of fused-ring (bicyclic) bond motifs is 1. The smallest absolute Gasteiger partial charge is 0.146 e. The van der Waals surface area contributed by atoms with Crippen molar-refractivity contribution in [3.63, 3.8) is 0 Å². The maximum atomic E-state index is 9.15. The molecule has 2 heterocycles. The largest absolute Gasteiger partial charge is 0.355 e. The normalized spacial score (nSPS) is 30.9. The Morgan fingerprint density at radius 3 is 3.06 bits per heavy atom. The van der Waals surface area contributed by atoms with Crippen LogP contribution in [0.2, 0.25) is 0 Å². The van der Waals surface area contributed by atoms with E-state index in [2.05, 4.69) is 16.0 Å². The van der Waals surface area contributed by atoms with E-state index in [0.29, 0.717) is 23.4 Å². The van der Waals surface area contributed by atoms with E-state index in [-0.39, 0.29) is 0 Å². The molecule has 0 spiro atoms. The third kappa shape index (κ3) is 1.85. The Morgan fingerprint density at radius 2 is 2.28 bits per heavy atom. The van der Waals surface area contributed by atoms with Crippen LogP contribution in [0.4, 0.5) is 5.82 Å². The minimum absolute atomic E-state index is 0.322. The number of pyridine rings is 1. The Hall–Kier alpha value is -1.60. The molecule has 2 fully saturated rings. The molecule has 1 saturated heterocycles. The molecule has 94 valence electrons. The Labute approximate surface area is 107 Å². The molecule has 18 heavy (non-hydrogen) atoms. The number of hydrogen-bond donors (Lipinski definition) is 1. The zero-order valence-electron chi connectivity index (χ0n) is 10.4. The second kappa shape index (κ2) is 4.58. The molecule has 1 aliphatic carbocycles. The molecular formula is C14H18N4. The van der Waals surface area contributed by atoms with Gasteiger partial charge < -0.3 is 10.6 Å². The molecule has 0 aromatic carbocycles. The van der Waals surface area contributed by atoms with Crippen molar-refractivity contribution in [3.05, 3.63) is 23.9 Å². The molecule has 1 aliphatic heterocycles. The van der Waals surface area contributed by atoms with Gasteiger partial charge >= 0.3 is 0 Å². The molecule has 2 aliphatic rings. The van der Waals surface area contributed by atoms with Gasteiger partial charge in [-0.05, 0) is 36.8 Å². The van der Waals surface area contributed by atoms with Crippen molar-refractivity contribution in [1.82, 2.24) is 4.98 Å². The van der Waals surface area contributed by atoms with Crippen molar-refractivity contribution in [3.8, 4) is 6.07 Å². The van der Waals surface area contributed by atoms with Gasteiger partial charge in [-0.3, -0.25) is 0 Å². The van der Waals surface area contributed by atoms with Gasteiger partial charge in [-0.25, -0.2) is 4.98 Å². The number of rotatable bonds is 1. The summed E-state index contributed by atoms with van der Waals surface area (Å²) in [6, 6.07) is 6.21. The van der Waals surface area contributed by atoms with Crippen LogP contribution in [0.5, 0.6) is 0 Å². The highest BCUT2D eigenvalue weighted by atomic mass is 15.2. The fourth-order valence-corrected chi connectivity index (χ4v) is 3.43. The van der Waals surface area contributed by atoms with Crippen LogP contribution in [-0.2, 0) is 0 Å². The minimum atomic E-state index is 0.322. The molecular weight excluding hydrogens is 224 g/mol. The standard InChI is InChI=1S/C14H18N4/c15-7-10-4-2-6-17-14(10)18-8-11-3-1-5-13(16)12(11)9-18/h2,4,6,11-13H,1,3,5,8-9,16H2. The highest BCUT2D eigenvalue weighted by Gasteiger charge is 2.39. The highest BCUT2D eigenvalue weighted by molar-refractivity contribution is 5.54. The first-order valence-electron chi connectivity index (χ1n) is 6.65. The number of hydrogen-bond acceptors (Lipinski definition) is 4. The zero-order chi connectivity index (χ0) is 12.5. The number of anilines is 1.